The van der Waals surface area contributed by atoms with Gasteiger partial charge in [0.25, 0.3) is 5.91 Å². The highest BCUT2D eigenvalue weighted by atomic mass is 19.1. The van der Waals surface area contributed by atoms with Gasteiger partial charge in [0.1, 0.15) is 17.4 Å². The van der Waals surface area contributed by atoms with Crippen LogP contribution in [0.1, 0.15) is 33.2 Å². The highest BCUT2D eigenvalue weighted by Crippen LogP contribution is 2.25. The molecule has 1 fully saturated rings. The Balaban J connectivity index is 1.41. The lowest BCUT2D eigenvalue weighted by Crippen LogP contribution is -2.49. The SMILES string of the molecule is COc1cccc([C@H](CN2CCN(C(=O)c3cc(F)ccc3F)CC2)OCc2ccc(C)cc2)c1. The number of nitrogens with zero attached hydrogens (tertiary/aromatic N) is 2. The maximum absolute atomic E-state index is 14.1. The zero-order valence-corrected chi connectivity index (χ0v) is 20.0. The van der Waals surface area contributed by atoms with Gasteiger partial charge >= 0.3 is 0 Å². The van der Waals surface area contributed by atoms with Gasteiger partial charge in [0, 0.05) is 32.7 Å². The number of hydrogen-bond donors (Lipinski definition) is 0. The molecule has 0 aliphatic carbocycles. The Labute approximate surface area is 204 Å². The second kappa shape index (κ2) is 11.4. The van der Waals surface area contributed by atoms with Gasteiger partial charge in [-0.15, -0.1) is 0 Å². The molecule has 35 heavy (non-hydrogen) atoms. The monoisotopic (exact) mass is 480 g/mol. The Morgan fingerprint density at radius 3 is 2.43 bits per heavy atom. The number of ether oxygens (including phenoxy) is 2. The number of halogens is 2. The van der Waals surface area contributed by atoms with E-state index in [1.165, 1.54) is 5.56 Å². The minimum Gasteiger partial charge on any atom is -0.497 e. The number of hydrogen-bond acceptors (Lipinski definition) is 4. The molecule has 1 atom stereocenters. The summed E-state index contributed by atoms with van der Waals surface area (Å²) in [6.07, 6.45) is -0.200. The minimum absolute atomic E-state index is 0.200. The van der Waals surface area contributed by atoms with Crippen LogP contribution in [0.25, 0.3) is 0 Å². The molecule has 1 aliphatic heterocycles. The first-order valence-electron chi connectivity index (χ1n) is 11.7. The number of benzene rings is 3. The third-order valence-corrected chi connectivity index (χ3v) is 6.28. The molecule has 1 heterocycles. The first kappa shape index (κ1) is 24.8. The topological polar surface area (TPSA) is 42.0 Å². The van der Waals surface area contributed by atoms with Gasteiger partial charge in [-0.25, -0.2) is 8.78 Å². The number of carbonyl (C=O) groups excluding carboxylic acids is 1. The summed E-state index contributed by atoms with van der Waals surface area (Å²) in [5.74, 6) is -1.05. The largest absolute Gasteiger partial charge is 0.497 e. The molecule has 1 amide bonds. The van der Waals surface area contributed by atoms with Crippen LogP contribution in [-0.4, -0.2) is 55.5 Å². The lowest BCUT2D eigenvalue weighted by Gasteiger charge is -2.36. The van der Waals surface area contributed by atoms with E-state index in [1.54, 1.807) is 12.0 Å². The van der Waals surface area contributed by atoms with Crippen molar-refractivity contribution in [3.63, 3.8) is 0 Å². The zero-order chi connectivity index (χ0) is 24.8. The van der Waals surface area contributed by atoms with Crippen molar-refractivity contribution in [2.75, 3.05) is 39.8 Å². The third kappa shape index (κ3) is 6.44. The van der Waals surface area contributed by atoms with Crippen LogP contribution >= 0.6 is 0 Å². The minimum atomic E-state index is -0.707. The molecule has 1 aliphatic rings. The summed E-state index contributed by atoms with van der Waals surface area (Å²) in [7, 11) is 1.64. The lowest BCUT2D eigenvalue weighted by atomic mass is 10.1. The summed E-state index contributed by atoms with van der Waals surface area (Å²) in [6, 6.07) is 19.1. The van der Waals surface area contributed by atoms with Crippen molar-refractivity contribution in [1.82, 2.24) is 9.80 Å². The molecular formula is C28H30F2N2O3. The van der Waals surface area contributed by atoms with Crippen LogP contribution in [0.4, 0.5) is 8.78 Å². The van der Waals surface area contributed by atoms with Crippen LogP contribution in [-0.2, 0) is 11.3 Å². The van der Waals surface area contributed by atoms with Crippen molar-refractivity contribution >= 4 is 5.91 Å². The van der Waals surface area contributed by atoms with E-state index < -0.39 is 17.5 Å². The van der Waals surface area contributed by atoms with Gasteiger partial charge in [-0.3, -0.25) is 9.69 Å². The predicted octanol–water partition coefficient (Wildman–Crippen LogP) is 5.00. The highest BCUT2D eigenvalue weighted by Gasteiger charge is 2.26. The smallest absolute Gasteiger partial charge is 0.257 e. The summed E-state index contributed by atoms with van der Waals surface area (Å²) < 4.78 is 39.4. The summed E-state index contributed by atoms with van der Waals surface area (Å²) in [5, 5.41) is 0. The molecule has 0 radical (unpaired) electrons. The predicted molar refractivity (Wildman–Crippen MR) is 130 cm³/mol. The van der Waals surface area contributed by atoms with Crippen LogP contribution in [0.3, 0.4) is 0 Å². The van der Waals surface area contributed by atoms with Crippen molar-refractivity contribution in [2.24, 2.45) is 0 Å². The van der Waals surface area contributed by atoms with Gasteiger partial charge in [0.15, 0.2) is 0 Å². The quantitative estimate of drug-likeness (QED) is 0.455. The molecule has 0 N–H and O–H groups in total. The van der Waals surface area contributed by atoms with Crippen molar-refractivity contribution in [3.05, 3.63) is 101 Å². The van der Waals surface area contributed by atoms with Gasteiger partial charge < -0.3 is 14.4 Å². The standard InChI is InChI=1S/C28H30F2N2O3/c1-20-6-8-21(9-7-20)19-35-27(22-4-3-5-24(16-22)34-2)18-31-12-14-32(15-13-31)28(33)25-17-23(29)10-11-26(25)30/h3-11,16-17,27H,12-15,18-19H2,1-2H3/t27-/m0/s1. The van der Waals surface area contributed by atoms with E-state index in [9.17, 15) is 13.6 Å². The fourth-order valence-corrected chi connectivity index (χ4v) is 4.18. The van der Waals surface area contributed by atoms with Crippen molar-refractivity contribution in [2.45, 2.75) is 19.6 Å². The lowest BCUT2D eigenvalue weighted by molar-refractivity contribution is 0.00328. The first-order chi connectivity index (χ1) is 16.9. The first-order valence-corrected chi connectivity index (χ1v) is 11.7. The highest BCUT2D eigenvalue weighted by molar-refractivity contribution is 5.94. The summed E-state index contributed by atoms with van der Waals surface area (Å²) in [4.78, 5) is 16.5. The normalized spacial score (nSPS) is 15.1. The van der Waals surface area contributed by atoms with Gasteiger partial charge in [0.05, 0.1) is 25.4 Å². The maximum Gasteiger partial charge on any atom is 0.257 e. The molecule has 0 spiro atoms. The van der Waals surface area contributed by atoms with Crippen LogP contribution in [0, 0.1) is 18.6 Å². The Bertz CT molecular complexity index is 1150. The van der Waals surface area contributed by atoms with E-state index in [1.807, 2.05) is 24.3 Å². The molecule has 4 rings (SSSR count). The van der Waals surface area contributed by atoms with Crippen molar-refractivity contribution in [3.8, 4) is 5.75 Å². The van der Waals surface area contributed by atoms with Crippen molar-refractivity contribution < 1.29 is 23.0 Å². The van der Waals surface area contributed by atoms with Gasteiger partial charge in [-0.05, 0) is 48.4 Å². The third-order valence-electron chi connectivity index (χ3n) is 6.28. The zero-order valence-electron chi connectivity index (χ0n) is 20.0. The fraction of sp³-hybridized carbons (Fsp3) is 0.321. The van der Waals surface area contributed by atoms with E-state index >= 15 is 0 Å². The Hall–Kier alpha value is -3.29. The molecule has 0 unspecified atom stereocenters. The molecule has 5 nitrogen and oxygen atoms in total. The molecule has 7 heteroatoms. The fourth-order valence-electron chi connectivity index (χ4n) is 4.18. The van der Waals surface area contributed by atoms with Gasteiger partial charge in [0.2, 0.25) is 0 Å². The van der Waals surface area contributed by atoms with Crippen LogP contribution in [0.15, 0.2) is 66.7 Å². The number of carbonyl (C=O) groups is 1. The molecule has 0 saturated carbocycles. The molecule has 0 bridgehead atoms. The van der Waals surface area contributed by atoms with Crippen LogP contribution in [0.5, 0.6) is 5.75 Å². The van der Waals surface area contributed by atoms with Gasteiger partial charge in [-0.2, -0.15) is 0 Å². The molecular weight excluding hydrogens is 450 g/mol. The molecule has 3 aromatic rings. The second-order valence-corrected chi connectivity index (χ2v) is 8.78. The van der Waals surface area contributed by atoms with Crippen LogP contribution in [0.2, 0.25) is 0 Å². The summed E-state index contributed by atoms with van der Waals surface area (Å²) in [5.41, 5.74) is 3.07. The number of rotatable bonds is 8. The van der Waals surface area contributed by atoms with Crippen molar-refractivity contribution in [1.29, 1.82) is 0 Å². The average Bonchev–Trinajstić information content (AvgIpc) is 2.89. The number of aryl methyl sites for hydroxylation is 1. The maximum atomic E-state index is 14.1. The molecule has 3 aromatic carbocycles. The van der Waals surface area contributed by atoms with E-state index in [-0.39, 0.29) is 11.7 Å². The van der Waals surface area contributed by atoms with E-state index in [4.69, 9.17) is 9.47 Å². The Kier molecular flexibility index (Phi) is 8.10. The van der Waals surface area contributed by atoms with E-state index in [2.05, 4.69) is 36.1 Å². The Morgan fingerprint density at radius 1 is 0.971 bits per heavy atom. The van der Waals surface area contributed by atoms with Crippen LogP contribution < -0.4 is 4.74 Å². The van der Waals surface area contributed by atoms with E-state index in [0.29, 0.717) is 39.3 Å². The van der Waals surface area contributed by atoms with Gasteiger partial charge in [-0.1, -0.05) is 42.0 Å². The van der Waals surface area contributed by atoms with E-state index in [0.717, 1.165) is 35.1 Å². The Morgan fingerprint density at radius 2 is 1.71 bits per heavy atom. The number of piperazine rings is 1. The number of amides is 1. The second-order valence-electron chi connectivity index (χ2n) is 8.78. The molecule has 1 saturated heterocycles. The average molecular weight is 481 g/mol. The molecule has 0 aromatic heterocycles. The summed E-state index contributed by atoms with van der Waals surface area (Å²) in [6.45, 7) is 5.23. The number of methoxy groups -OCH3 is 1. The molecule has 184 valence electrons. The summed E-state index contributed by atoms with van der Waals surface area (Å²) >= 11 is 0.